The lowest BCUT2D eigenvalue weighted by Gasteiger charge is -2.36. The maximum Gasteiger partial charge on any atom is 0.234 e. The molecule has 1 fully saturated rings. The average molecular weight is 513 g/mol. The zero-order valence-electron chi connectivity index (χ0n) is 20.3. The van der Waals surface area contributed by atoms with E-state index in [9.17, 15) is 4.79 Å². The van der Waals surface area contributed by atoms with Crippen molar-refractivity contribution in [1.82, 2.24) is 4.90 Å². The Bertz CT molecular complexity index is 814. The summed E-state index contributed by atoms with van der Waals surface area (Å²) in [6, 6.07) is 17.0. The highest BCUT2D eigenvalue weighted by Gasteiger charge is 2.18. The van der Waals surface area contributed by atoms with E-state index in [0.717, 1.165) is 44.2 Å². The molecule has 4 nitrogen and oxygen atoms in total. The number of halogens is 2. The Morgan fingerprint density at radius 2 is 1.45 bits per heavy atom. The first-order valence-electron chi connectivity index (χ1n) is 11.5. The molecular formula is C26H39Cl2N3OS. The molecule has 0 aromatic heterocycles. The van der Waals surface area contributed by atoms with Crippen LogP contribution in [0, 0.1) is 0 Å². The van der Waals surface area contributed by atoms with Gasteiger partial charge in [-0.1, -0.05) is 64.1 Å². The van der Waals surface area contributed by atoms with Gasteiger partial charge in [-0.05, 0) is 35.1 Å². The summed E-state index contributed by atoms with van der Waals surface area (Å²) < 4.78 is 0. The van der Waals surface area contributed by atoms with Crippen molar-refractivity contribution in [3.63, 3.8) is 0 Å². The molecule has 1 aliphatic rings. The first-order valence-corrected chi connectivity index (χ1v) is 12.6. The van der Waals surface area contributed by atoms with Crippen LogP contribution in [-0.2, 0) is 4.79 Å². The summed E-state index contributed by atoms with van der Waals surface area (Å²) in [7, 11) is 0. The second-order valence-electron chi connectivity index (χ2n) is 8.89. The Kier molecular flexibility index (Phi) is 13.3. The molecule has 1 heterocycles. The van der Waals surface area contributed by atoms with E-state index in [2.05, 4.69) is 91.3 Å². The highest BCUT2D eigenvalue weighted by molar-refractivity contribution is 7.99. The van der Waals surface area contributed by atoms with Crippen molar-refractivity contribution in [3.05, 3.63) is 59.7 Å². The molecule has 33 heavy (non-hydrogen) atoms. The minimum absolute atomic E-state index is 0. The smallest absolute Gasteiger partial charge is 0.234 e. The van der Waals surface area contributed by atoms with E-state index in [4.69, 9.17) is 0 Å². The van der Waals surface area contributed by atoms with Crippen molar-refractivity contribution in [3.8, 4) is 0 Å². The summed E-state index contributed by atoms with van der Waals surface area (Å²) in [6.07, 6.45) is 0. The van der Waals surface area contributed by atoms with E-state index in [-0.39, 0.29) is 30.7 Å². The number of rotatable bonds is 9. The van der Waals surface area contributed by atoms with Crippen LogP contribution in [0.25, 0.3) is 0 Å². The summed E-state index contributed by atoms with van der Waals surface area (Å²) in [5.41, 5.74) is 4.78. The number of amides is 1. The molecule has 2 aromatic carbocycles. The van der Waals surface area contributed by atoms with Crippen LogP contribution in [0.3, 0.4) is 0 Å². The summed E-state index contributed by atoms with van der Waals surface area (Å²) in [4.78, 5) is 17.6. The average Bonchev–Trinajstić information content (AvgIpc) is 2.77. The number of thioether (sulfide) groups is 1. The van der Waals surface area contributed by atoms with E-state index in [1.807, 2.05) is 0 Å². The van der Waals surface area contributed by atoms with Crippen LogP contribution in [0.4, 0.5) is 11.4 Å². The van der Waals surface area contributed by atoms with Crippen molar-refractivity contribution in [2.24, 2.45) is 0 Å². The van der Waals surface area contributed by atoms with Gasteiger partial charge in [0.2, 0.25) is 5.91 Å². The van der Waals surface area contributed by atoms with Crippen molar-refractivity contribution >= 4 is 53.9 Å². The molecule has 0 bridgehead atoms. The fourth-order valence-electron chi connectivity index (χ4n) is 4.10. The maximum atomic E-state index is 12.7. The van der Waals surface area contributed by atoms with Gasteiger partial charge in [-0.15, -0.1) is 24.8 Å². The van der Waals surface area contributed by atoms with Crippen LogP contribution in [0.2, 0.25) is 0 Å². The largest absolute Gasteiger partial charge is 0.369 e. The lowest BCUT2D eigenvalue weighted by Crippen LogP contribution is -2.47. The number of hydrogen-bond acceptors (Lipinski definition) is 4. The van der Waals surface area contributed by atoms with Gasteiger partial charge in [-0.2, -0.15) is 11.8 Å². The van der Waals surface area contributed by atoms with E-state index in [1.165, 1.54) is 16.8 Å². The molecule has 0 saturated carbocycles. The normalized spacial score (nSPS) is 14.1. The molecule has 3 rings (SSSR count). The van der Waals surface area contributed by atoms with Crippen LogP contribution in [0.1, 0.15) is 50.7 Å². The molecule has 1 saturated heterocycles. The van der Waals surface area contributed by atoms with Crippen LogP contribution in [-0.4, -0.2) is 55.0 Å². The Labute approximate surface area is 216 Å². The molecule has 1 N–H and O–H groups in total. The molecule has 184 valence electrons. The Morgan fingerprint density at radius 3 is 2.00 bits per heavy atom. The van der Waals surface area contributed by atoms with Crippen molar-refractivity contribution in [2.45, 2.75) is 39.5 Å². The maximum absolute atomic E-state index is 12.7. The fourth-order valence-corrected chi connectivity index (χ4v) is 4.89. The third-order valence-electron chi connectivity index (χ3n) is 5.92. The number of anilines is 2. The second kappa shape index (κ2) is 14.8. The monoisotopic (exact) mass is 511 g/mol. The zero-order chi connectivity index (χ0) is 22.2. The van der Waals surface area contributed by atoms with E-state index in [0.29, 0.717) is 17.6 Å². The molecule has 0 aliphatic carbocycles. The summed E-state index contributed by atoms with van der Waals surface area (Å²) in [6.45, 7) is 14.1. The number of hydrogen-bond donors (Lipinski definition) is 1. The standard InChI is InChI=1S/C26H37N3OS.2ClH/c1-20(2)23-11-8-12-24(21(3)4)26(23)27-25(30)19-31-18-17-28-13-15-29(16-14-28)22-9-6-5-7-10-22;;/h5-12,20-21H,13-19H2,1-4H3,(H,27,30);2*1H. The lowest BCUT2D eigenvalue weighted by molar-refractivity contribution is -0.113. The van der Waals surface area contributed by atoms with Gasteiger partial charge in [0.1, 0.15) is 0 Å². The van der Waals surface area contributed by atoms with E-state index in [1.54, 1.807) is 11.8 Å². The van der Waals surface area contributed by atoms with Gasteiger partial charge in [0.05, 0.1) is 5.75 Å². The van der Waals surface area contributed by atoms with Gasteiger partial charge < -0.3 is 10.2 Å². The van der Waals surface area contributed by atoms with Crippen LogP contribution < -0.4 is 10.2 Å². The van der Waals surface area contributed by atoms with Gasteiger partial charge in [0.25, 0.3) is 0 Å². The Morgan fingerprint density at radius 1 is 0.879 bits per heavy atom. The van der Waals surface area contributed by atoms with E-state index < -0.39 is 0 Å². The Hall–Kier alpha value is -1.40. The number of carbonyl (C=O) groups is 1. The lowest BCUT2D eigenvalue weighted by atomic mass is 9.92. The highest BCUT2D eigenvalue weighted by atomic mass is 35.5. The van der Waals surface area contributed by atoms with Gasteiger partial charge in [-0.3, -0.25) is 9.69 Å². The fraction of sp³-hybridized carbons (Fsp3) is 0.500. The minimum atomic E-state index is 0. The highest BCUT2D eigenvalue weighted by Crippen LogP contribution is 2.32. The molecule has 2 aromatic rings. The predicted octanol–water partition coefficient (Wildman–Crippen LogP) is 6.27. The third kappa shape index (κ3) is 8.71. The van der Waals surface area contributed by atoms with Crippen LogP contribution in [0.5, 0.6) is 0 Å². The number of benzene rings is 2. The minimum Gasteiger partial charge on any atom is -0.369 e. The number of nitrogens with zero attached hydrogens (tertiary/aromatic N) is 2. The summed E-state index contributed by atoms with van der Waals surface area (Å²) >= 11 is 1.73. The SMILES string of the molecule is CC(C)c1cccc(C(C)C)c1NC(=O)CSCCN1CCN(c2ccccc2)CC1.Cl.Cl. The number of carbonyl (C=O) groups excluding carboxylic acids is 1. The van der Waals surface area contributed by atoms with Crippen molar-refractivity contribution in [1.29, 1.82) is 0 Å². The number of para-hydroxylation sites is 2. The first-order chi connectivity index (χ1) is 15.0. The Balaban J connectivity index is 0.00000272. The molecule has 0 atom stereocenters. The van der Waals surface area contributed by atoms with Crippen molar-refractivity contribution in [2.75, 3.05) is 54.4 Å². The van der Waals surface area contributed by atoms with Crippen molar-refractivity contribution < 1.29 is 4.79 Å². The quantitative estimate of drug-likeness (QED) is 0.402. The molecule has 7 heteroatoms. The van der Waals surface area contributed by atoms with Crippen LogP contribution >= 0.6 is 36.6 Å². The first kappa shape index (κ1) is 29.6. The second-order valence-corrected chi connectivity index (χ2v) is 9.99. The molecule has 1 aliphatic heterocycles. The topological polar surface area (TPSA) is 35.6 Å². The number of piperazine rings is 1. The third-order valence-corrected chi connectivity index (χ3v) is 6.85. The molecular weight excluding hydrogens is 473 g/mol. The van der Waals surface area contributed by atoms with E-state index >= 15 is 0 Å². The van der Waals surface area contributed by atoms with Gasteiger partial charge >= 0.3 is 0 Å². The summed E-state index contributed by atoms with van der Waals surface area (Å²) in [5.74, 6) is 2.37. The van der Waals surface area contributed by atoms with Gasteiger partial charge in [0.15, 0.2) is 0 Å². The molecule has 1 amide bonds. The van der Waals surface area contributed by atoms with Gasteiger partial charge in [0, 0.05) is 49.9 Å². The van der Waals surface area contributed by atoms with Gasteiger partial charge in [-0.25, -0.2) is 0 Å². The number of nitrogens with one attached hydrogen (secondary N) is 1. The summed E-state index contributed by atoms with van der Waals surface area (Å²) in [5, 5.41) is 3.22. The molecule has 0 unspecified atom stereocenters. The molecule has 0 spiro atoms. The predicted molar refractivity (Wildman–Crippen MR) is 150 cm³/mol. The molecule has 0 radical (unpaired) electrons. The zero-order valence-corrected chi connectivity index (χ0v) is 22.7. The van der Waals surface area contributed by atoms with Crippen LogP contribution in [0.15, 0.2) is 48.5 Å².